The Morgan fingerprint density at radius 3 is 1.57 bits per heavy atom. The molecule has 4 nitrogen and oxygen atoms in total. The molecule has 0 saturated carbocycles. The number of nitrogens with zero attached hydrogens (tertiary/aromatic N) is 2. The van der Waals surface area contributed by atoms with Gasteiger partial charge >= 0.3 is 5.97 Å². The predicted octanol–water partition coefficient (Wildman–Crippen LogP) is 9.62. The second kappa shape index (κ2) is 11.9. The van der Waals surface area contributed by atoms with Gasteiger partial charge in [-0.05, 0) is 85.6 Å². The van der Waals surface area contributed by atoms with Gasteiger partial charge in [0.25, 0.3) is 0 Å². The first-order valence-electron chi connectivity index (χ1n) is 13.9. The van der Waals surface area contributed by atoms with E-state index in [-0.39, 0.29) is 25.7 Å². The zero-order valence-electron chi connectivity index (χ0n) is 22.1. The predicted molar refractivity (Wildman–Crippen MR) is 167 cm³/mol. The maximum atomic E-state index is 12.9. The van der Waals surface area contributed by atoms with Crippen LogP contribution in [0.5, 0.6) is 0 Å². The molecule has 3 aliphatic rings. The van der Waals surface area contributed by atoms with E-state index in [0.717, 1.165) is 42.9 Å². The van der Waals surface area contributed by atoms with Crippen LogP contribution in [0.25, 0.3) is 5.57 Å². The van der Waals surface area contributed by atoms with Gasteiger partial charge in [-0.25, -0.2) is 4.79 Å². The van der Waals surface area contributed by atoms with Gasteiger partial charge in [-0.3, -0.25) is 0 Å². The van der Waals surface area contributed by atoms with Crippen LogP contribution in [-0.2, 0) is 4.74 Å². The smallest absolute Gasteiger partial charge is 0.341 e. The normalized spacial score (nSPS) is 18.9. The van der Waals surface area contributed by atoms with Crippen LogP contribution in [0.2, 0.25) is 20.1 Å². The van der Waals surface area contributed by atoms with Gasteiger partial charge in [0.2, 0.25) is 0 Å². The molecule has 8 heteroatoms. The molecule has 40 heavy (non-hydrogen) atoms. The number of hydrogen-bond acceptors (Lipinski definition) is 4. The van der Waals surface area contributed by atoms with Gasteiger partial charge in [0.05, 0.1) is 25.7 Å². The van der Waals surface area contributed by atoms with Crippen LogP contribution < -0.4 is 9.80 Å². The van der Waals surface area contributed by atoms with Crippen molar-refractivity contribution in [3.05, 3.63) is 97.0 Å². The SMILES string of the molecule is O=C1OC(C=C(c2ccc(N3CCCCC3)cc2)c2ccc(N3CCCCC3)cc2)c2c(Cl)c(Cl)c(Cl)c(Cl)c21. The molecular formula is C32H30Cl4N2O2. The summed E-state index contributed by atoms with van der Waals surface area (Å²) in [5.41, 5.74) is 6.01. The highest BCUT2D eigenvalue weighted by Gasteiger charge is 2.37. The van der Waals surface area contributed by atoms with E-state index in [0.29, 0.717) is 5.56 Å². The van der Waals surface area contributed by atoms with Crippen molar-refractivity contribution < 1.29 is 9.53 Å². The number of carbonyl (C=O) groups excluding carboxylic acids is 1. The van der Waals surface area contributed by atoms with E-state index in [1.165, 1.54) is 49.9 Å². The molecule has 0 N–H and O–H groups in total. The molecule has 0 aliphatic carbocycles. The Kier molecular flexibility index (Phi) is 8.23. The summed E-state index contributed by atoms with van der Waals surface area (Å²) in [5, 5.41) is 0.404. The number of hydrogen-bond donors (Lipinski definition) is 0. The molecule has 0 radical (unpaired) electrons. The van der Waals surface area contributed by atoms with Gasteiger partial charge in [0.15, 0.2) is 0 Å². The Bertz CT molecular complexity index is 1380. The number of fused-ring (bicyclic) bond motifs is 1. The first kappa shape index (κ1) is 27.8. The molecule has 0 bridgehead atoms. The van der Waals surface area contributed by atoms with Crippen LogP contribution in [0.1, 0.15) is 71.7 Å². The number of carbonyl (C=O) groups is 1. The van der Waals surface area contributed by atoms with Gasteiger partial charge in [-0.15, -0.1) is 0 Å². The van der Waals surface area contributed by atoms with Crippen molar-refractivity contribution >= 4 is 69.3 Å². The van der Waals surface area contributed by atoms with Gasteiger partial charge in [0.1, 0.15) is 6.10 Å². The highest BCUT2D eigenvalue weighted by Crippen LogP contribution is 2.49. The van der Waals surface area contributed by atoms with Crippen molar-refractivity contribution in [1.82, 2.24) is 0 Å². The number of cyclic esters (lactones) is 1. The van der Waals surface area contributed by atoms with Crippen LogP contribution in [0.3, 0.4) is 0 Å². The van der Waals surface area contributed by atoms with Crippen LogP contribution in [0.15, 0.2) is 54.6 Å². The summed E-state index contributed by atoms with van der Waals surface area (Å²) in [4.78, 5) is 17.8. The second-order valence-electron chi connectivity index (χ2n) is 10.6. The lowest BCUT2D eigenvalue weighted by atomic mass is 9.93. The highest BCUT2D eigenvalue weighted by molar-refractivity contribution is 6.53. The number of ether oxygens (including phenoxy) is 1. The van der Waals surface area contributed by atoms with Gasteiger partial charge in [-0.1, -0.05) is 70.7 Å². The molecular weight excluding hydrogens is 586 g/mol. The van der Waals surface area contributed by atoms with E-state index < -0.39 is 12.1 Å². The zero-order chi connectivity index (χ0) is 27.8. The molecule has 1 unspecified atom stereocenters. The largest absolute Gasteiger partial charge is 0.449 e. The van der Waals surface area contributed by atoms with E-state index in [4.69, 9.17) is 51.1 Å². The summed E-state index contributed by atoms with van der Waals surface area (Å²) in [5.74, 6) is -0.568. The van der Waals surface area contributed by atoms with Crippen molar-refractivity contribution in [1.29, 1.82) is 0 Å². The molecule has 2 fully saturated rings. The number of esters is 1. The summed E-state index contributed by atoms with van der Waals surface area (Å²) < 4.78 is 5.80. The summed E-state index contributed by atoms with van der Waals surface area (Å²) in [6.07, 6.45) is 8.63. The molecule has 208 valence electrons. The molecule has 0 spiro atoms. The number of anilines is 2. The van der Waals surface area contributed by atoms with Crippen molar-refractivity contribution in [2.24, 2.45) is 0 Å². The minimum Gasteiger partial charge on any atom is -0.449 e. The fourth-order valence-electron chi connectivity index (χ4n) is 5.98. The Morgan fingerprint density at radius 2 is 1.10 bits per heavy atom. The minimum atomic E-state index is -0.763. The monoisotopic (exact) mass is 614 g/mol. The van der Waals surface area contributed by atoms with E-state index in [1.54, 1.807) is 0 Å². The van der Waals surface area contributed by atoms with Crippen molar-refractivity contribution in [3.8, 4) is 0 Å². The van der Waals surface area contributed by atoms with Gasteiger partial charge in [-0.2, -0.15) is 0 Å². The number of halogens is 4. The van der Waals surface area contributed by atoms with Crippen LogP contribution >= 0.6 is 46.4 Å². The third kappa shape index (κ3) is 5.32. The summed E-state index contributed by atoms with van der Waals surface area (Å²) >= 11 is 25.7. The second-order valence-corrected chi connectivity index (χ2v) is 12.2. The Morgan fingerprint density at radius 1 is 0.650 bits per heavy atom. The lowest BCUT2D eigenvalue weighted by Crippen LogP contribution is -2.29. The molecule has 2 saturated heterocycles. The number of piperidine rings is 2. The average molecular weight is 616 g/mol. The third-order valence-electron chi connectivity index (χ3n) is 8.14. The van der Waals surface area contributed by atoms with Crippen LogP contribution in [0, 0.1) is 0 Å². The van der Waals surface area contributed by atoms with Gasteiger partial charge in [0, 0.05) is 43.1 Å². The van der Waals surface area contributed by atoms with Crippen molar-refractivity contribution in [2.45, 2.75) is 44.6 Å². The summed E-state index contributed by atoms with van der Waals surface area (Å²) in [6, 6.07) is 17.2. The third-order valence-corrected chi connectivity index (χ3v) is 9.96. The molecule has 3 aliphatic heterocycles. The molecule has 1 atom stereocenters. The lowest BCUT2D eigenvalue weighted by molar-refractivity contribution is 0.0468. The standard InChI is InChI=1S/C32H30Cl4N2O2/c33-28-26-25(40-32(39)27(26)29(34)31(36)30(28)35)19-24(20-7-11-22(12-8-20)37-15-3-1-4-16-37)21-9-13-23(14-10-21)38-17-5-2-6-18-38/h7-14,19,25H,1-6,15-18H2. The zero-order valence-corrected chi connectivity index (χ0v) is 25.1. The fourth-order valence-corrected chi connectivity index (χ4v) is 7.04. The van der Waals surface area contributed by atoms with Gasteiger partial charge < -0.3 is 14.5 Å². The molecule has 3 aromatic carbocycles. The number of rotatable bonds is 5. The Hall–Kier alpha value is -2.37. The maximum absolute atomic E-state index is 12.9. The summed E-state index contributed by atoms with van der Waals surface area (Å²) in [7, 11) is 0. The Balaban J connectivity index is 1.41. The van der Waals surface area contributed by atoms with E-state index >= 15 is 0 Å². The first-order chi connectivity index (χ1) is 19.4. The fraction of sp³-hybridized carbons (Fsp3) is 0.344. The molecule has 3 heterocycles. The molecule has 0 aromatic heterocycles. The quantitative estimate of drug-likeness (QED) is 0.162. The topological polar surface area (TPSA) is 32.8 Å². The average Bonchev–Trinajstić information content (AvgIpc) is 3.34. The molecule has 3 aromatic rings. The van der Waals surface area contributed by atoms with E-state index in [9.17, 15) is 4.79 Å². The van der Waals surface area contributed by atoms with Crippen LogP contribution in [-0.4, -0.2) is 32.1 Å². The van der Waals surface area contributed by atoms with E-state index in [2.05, 4.69) is 58.3 Å². The lowest BCUT2D eigenvalue weighted by Gasteiger charge is -2.29. The van der Waals surface area contributed by atoms with Crippen molar-refractivity contribution in [3.63, 3.8) is 0 Å². The maximum Gasteiger partial charge on any atom is 0.341 e. The first-order valence-corrected chi connectivity index (χ1v) is 15.4. The highest BCUT2D eigenvalue weighted by atomic mass is 35.5. The van der Waals surface area contributed by atoms with Crippen molar-refractivity contribution in [2.75, 3.05) is 36.0 Å². The number of benzene rings is 3. The summed E-state index contributed by atoms with van der Waals surface area (Å²) in [6.45, 7) is 4.32. The van der Waals surface area contributed by atoms with E-state index in [1.807, 2.05) is 6.08 Å². The minimum absolute atomic E-state index is 0.0514. The van der Waals surface area contributed by atoms with Crippen LogP contribution in [0.4, 0.5) is 11.4 Å². The Labute approximate surface area is 255 Å². The molecule has 6 rings (SSSR count). The molecule has 0 amide bonds.